The molecule has 0 saturated heterocycles. The Hall–Kier alpha value is -2.53. The van der Waals surface area contributed by atoms with E-state index in [1.807, 2.05) is 24.3 Å². The largest absolute Gasteiger partial charge is 0.424 e. The molecule has 5 nitrogen and oxygen atoms in total. The standard InChI is InChI=1S/C18H17N3O2/c1-20-8-7-13-15-10-18(22)21(19-23)17(15)9-14(16(13)11-20)12-5-3-2-4-6-12/h2-6,9H,7-8,10-11H2,1H3/p+1. The maximum atomic E-state index is 12.1. The fourth-order valence-corrected chi connectivity index (χ4v) is 3.66. The van der Waals surface area contributed by atoms with Crippen LogP contribution >= 0.6 is 0 Å². The van der Waals surface area contributed by atoms with Gasteiger partial charge in [-0.3, -0.25) is 0 Å². The van der Waals surface area contributed by atoms with E-state index >= 15 is 0 Å². The number of carbonyl (C=O) groups excluding carboxylic acids is 1. The maximum absolute atomic E-state index is 12.1. The van der Waals surface area contributed by atoms with Crippen LogP contribution in [0.25, 0.3) is 11.1 Å². The predicted octanol–water partition coefficient (Wildman–Crippen LogP) is 2.91. The lowest BCUT2D eigenvalue weighted by molar-refractivity contribution is -0.457. The van der Waals surface area contributed by atoms with Crippen molar-refractivity contribution >= 4 is 11.6 Å². The summed E-state index contributed by atoms with van der Waals surface area (Å²) in [4.78, 5) is 14.4. The lowest BCUT2D eigenvalue weighted by atomic mass is 9.87. The van der Waals surface area contributed by atoms with Crippen molar-refractivity contribution < 1.29 is 14.7 Å². The zero-order valence-electron chi connectivity index (χ0n) is 13.0. The molecule has 0 atom stereocenters. The summed E-state index contributed by atoms with van der Waals surface area (Å²) in [5.74, 6) is -0.172. The second-order valence-corrected chi connectivity index (χ2v) is 6.20. The van der Waals surface area contributed by atoms with Crippen LogP contribution in [0.5, 0.6) is 0 Å². The molecule has 0 fully saturated rings. The van der Waals surface area contributed by atoms with E-state index < -0.39 is 0 Å². The summed E-state index contributed by atoms with van der Waals surface area (Å²) in [6, 6.07) is 12.2. The molecular formula is C18H18N3O2+. The van der Waals surface area contributed by atoms with Gasteiger partial charge in [0.2, 0.25) is 5.69 Å². The van der Waals surface area contributed by atoms with Gasteiger partial charge >= 0.3 is 5.91 Å². The lowest BCUT2D eigenvalue weighted by Gasteiger charge is -2.28. The first-order valence-electron chi connectivity index (χ1n) is 7.78. The molecule has 2 aliphatic rings. The van der Waals surface area contributed by atoms with Gasteiger partial charge in [0.25, 0.3) is 0 Å². The minimum Gasteiger partial charge on any atom is -0.362 e. The Morgan fingerprint density at radius 3 is 2.70 bits per heavy atom. The van der Waals surface area contributed by atoms with Crippen LogP contribution in [0.2, 0.25) is 0 Å². The van der Waals surface area contributed by atoms with Crippen LogP contribution in [-0.2, 0) is 24.2 Å². The van der Waals surface area contributed by atoms with Gasteiger partial charge in [0.05, 0.1) is 0 Å². The van der Waals surface area contributed by atoms with Gasteiger partial charge in [0.1, 0.15) is 6.42 Å². The number of rotatable bonds is 1. The molecule has 116 valence electrons. The highest BCUT2D eigenvalue weighted by Crippen LogP contribution is 2.40. The summed E-state index contributed by atoms with van der Waals surface area (Å²) in [5, 5.41) is 12.4. The molecule has 23 heavy (non-hydrogen) atoms. The highest BCUT2D eigenvalue weighted by Gasteiger charge is 2.40. The van der Waals surface area contributed by atoms with Gasteiger partial charge < -0.3 is 10.1 Å². The monoisotopic (exact) mass is 308 g/mol. The van der Waals surface area contributed by atoms with Gasteiger partial charge in [0, 0.05) is 29.4 Å². The highest BCUT2D eigenvalue weighted by molar-refractivity contribution is 5.84. The van der Waals surface area contributed by atoms with E-state index in [9.17, 15) is 10.0 Å². The Morgan fingerprint density at radius 1 is 1.17 bits per heavy atom. The van der Waals surface area contributed by atoms with Crippen molar-refractivity contribution in [2.24, 2.45) is 5.28 Å². The minimum atomic E-state index is -0.172. The van der Waals surface area contributed by atoms with Crippen LogP contribution in [-0.4, -0.2) is 34.3 Å². The molecule has 0 aromatic heterocycles. The Kier molecular flexibility index (Phi) is 3.23. The molecule has 0 saturated carbocycles. The Balaban J connectivity index is 2.00. The maximum Gasteiger partial charge on any atom is 0.424 e. The summed E-state index contributed by atoms with van der Waals surface area (Å²) >= 11 is 0. The Morgan fingerprint density at radius 2 is 1.96 bits per heavy atom. The number of benzene rings is 2. The van der Waals surface area contributed by atoms with E-state index in [1.165, 1.54) is 11.1 Å². The topological polar surface area (TPSA) is 55.9 Å². The first kappa shape index (κ1) is 14.1. The summed E-state index contributed by atoms with van der Waals surface area (Å²) < 4.78 is 1.13. The number of carbonyl (C=O) groups is 1. The lowest BCUT2D eigenvalue weighted by Crippen LogP contribution is -2.27. The number of likely N-dealkylation sites (N-methyl/N-ethyl adjacent to an activating group) is 1. The molecule has 4 rings (SSSR count). The molecule has 1 N–H and O–H groups in total. The number of nitrogens with zero attached hydrogens (tertiary/aromatic N) is 3. The second-order valence-electron chi connectivity index (χ2n) is 6.20. The third kappa shape index (κ3) is 2.16. The van der Waals surface area contributed by atoms with E-state index in [0.717, 1.165) is 46.6 Å². The van der Waals surface area contributed by atoms with Crippen molar-refractivity contribution in [2.75, 3.05) is 13.6 Å². The number of amides is 1. The van der Waals surface area contributed by atoms with Crippen molar-refractivity contribution in [1.82, 2.24) is 4.90 Å². The number of hydrogen-bond acceptors (Lipinski definition) is 3. The van der Waals surface area contributed by atoms with Crippen LogP contribution in [0.3, 0.4) is 0 Å². The van der Waals surface area contributed by atoms with Crippen LogP contribution in [0, 0.1) is 0 Å². The van der Waals surface area contributed by atoms with Gasteiger partial charge in [-0.1, -0.05) is 30.3 Å². The molecule has 2 aliphatic heterocycles. The normalized spacial score (nSPS) is 19.0. The summed E-state index contributed by atoms with van der Waals surface area (Å²) in [7, 11) is 2.12. The molecule has 2 heterocycles. The zero-order chi connectivity index (χ0) is 16.0. The summed E-state index contributed by atoms with van der Waals surface area (Å²) in [6.07, 6.45) is 1.24. The molecule has 2 aromatic carbocycles. The first-order chi connectivity index (χ1) is 11.2. The molecule has 2 aromatic rings. The molecule has 0 aliphatic carbocycles. The first-order valence-corrected chi connectivity index (χ1v) is 7.78. The molecule has 1 amide bonds. The average Bonchev–Trinajstić information content (AvgIpc) is 2.89. The van der Waals surface area contributed by atoms with Gasteiger partial charge in [-0.05, 0) is 35.7 Å². The molecule has 5 heteroatoms. The van der Waals surface area contributed by atoms with Crippen molar-refractivity contribution in [3.8, 4) is 11.1 Å². The van der Waals surface area contributed by atoms with Crippen LogP contribution in [0.1, 0.15) is 16.7 Å². The fraction of sp³-hybridized carbons (Fsp3) is 0.278. The zero-order valence-corrected chi connectivity index (χ0v) is 13.0. The van der Waals surface area contributed by atoms with Crippen LogP contribution < -0.4 is 0 Å². The number of hydrogen-bond donors (Lipinski definition) is 1. The van der Waals surface area contributed by atoms with Crippen molar-refractivity contribution in [1.29, 1.82) is 0 Å². The Labute approximate surface area is 134 Å². The third-order valence-corrected chi connectivity index (χ3v) is 4.78. The summed E-state index contributed by atoms with van der Waals surface area (Å²) in [5.41, 5.74) is 6.53. The highest BCUT2D eigenvalue weighted by atomic mass is 16.5. The van der Waals surface area contributed by atoms with Crippen LogP contribution in [0.4, 0.5) is 5.69 Å². The average molecular weight is 308 g/mol. The molecular weight excluding hydrogens is 290 g/mol. The predicted molar refractivity (Wildman–Crippen MR) is 84.8 cm³/mol. The second kappa shape index (κ2) is 5.28. The Bertz CT molecular complexity index is 828. The SMILES string of the molecule is CN1CCc2c(c(-c3ccccc3)cc3c2CC(=O)[N+]3=NO)C1. The van der Waals surface area contributed by atoms with Gasteiger partial charge in [-0.2, -0.15) is 0 Å². The van der Waals surface area contributed by atoms with Crippen LogP contribution in [0.15, 0.2) is 41.7 Å². The molecule has 0 bridgehead atoms. The van der Waals surface area contributed by atoms with Gasteiger partial charge in [-0.25, -0.2) is 4.79 Å². The third-order valence-electron chi connectivity index (χ3n) is 4.78. The van der Waals surface area contributed by atoms with E-state index in [1.54, 1.807) is 0 Å². The number of fused-ring (bicyclic) bond motifs is 3. The minimum absolute atomic E-state index is 0.172. The van der Waals surface area contributed by atoms with Crippen molar-refractivity contribution in [2.45, 2.75) is 19.4 Å². The van der Waals surface area contributed by atoms with E-state index in [2.05, 4.69) is 29.4 Å². The van der Waals surface area contributed by atoms with E-state index in [4.69, 9.17) is 0 Å². The van der Waals surface area contributed by atoms with E-state index in [-0.39, 0.29) is 5.91 Å². The van der Waals surface area contributed by atoms with Gasteiger partial charge in [-0.15, -0.1) is 0 Å². The smallest absolute Gasteiger partial charge is 0.362 e. The molecule has 0 unspecified atom stereocenters. The van der Waals surface area contributed by atoms with Gasteiger partial charge in [0.15, 0.2) is 5.28 Å². The summed E-state index contributed by atoms with van der Waals surface area (Å²) in [6.45, 7) is 1.85. The quantitative estimate of drug-likeness (QED) is 0.651. The van der Waals surface area contributed by atoms with Crippen molar-refractivity contribution in [3.05, 3.63) is 53.1 Å². The molecule has 0 radical (unpaired) electrons. The fourth-order valence-electron chi connectivity index (χ4n) is 3.66. The van der Waals surface area contributed by atoms with E-state index in [0.29, 0.717) is 6.42 Å². The van der Waals surface area contributed by atoms with Crippen molar-refractivity contribution in [3.63, 3.8) is 0 Å². The molecule has 0 spiro atoms.